The fraction of sp³-hybridized carbons (Fsp3) is 0.400. The van der Waals surface area contributed by atoms with E-state index < -0.39 is 0 Å². The molecule has 0 spiro atoms. The molecule has 0 atom stereocenters. The van der Waals surface area contributed by atoms with Crippen molar-refractivity contribution in [3.05, 3.63) is 36.8 Å². The lowest BCUT2D eigenvalue weighted by Crippen LogP contribution is -2.03. The maximum atomic E-state index is 3.53. The Morgan fingerprint density at radius 3 is 2.46 bits per heavy atom. The number of nitrogens with zero attached hydrogens (tertiary/aromatic N) is 2. The molecule has 1 N–H and O–H groups in total. The van der Waals surface area contributed by atoms with Gasteiger partial charge in [0, 0.05) is 18.9 Å². The van der Waals surface area contributed by atoms with Crippen LogP contribution in [0.15, 0.2) is 36.8 Å². The number of hydrogen-bond donors (Lipinski definition) is 1. The molecule has 1 aromatic heterocycles. The summed E-state index contributed by atoms with van der Waals surface area (Å²) in [6, 6.07) is 3.65. The lowest BCUT2D eigenvalue weighted by atomic mass is 10.2. The minimum Gasteiger partial charge on any atom is -0.391 e. The van der Waals surface area contributed by atoms with E-state index in [1.165, 1.54) is 19.3 Å². The van der Waals surface area contributed by atoms with E-state index in [0.717, 1.165) is 6.54 Å². The van der Waals surface area contributed by atoms with Crippen LogP contribution in [0.1, 0.15) is 20.7 Å². The van der Waals surface area contributed by atoms with Gasteiger partial charge in [0.25, 0.3) is 0 Å². The third kappa shape index (κ3) is 5.84. The second-order valence-corrected chi connectivity index (χ2v) is 2.77. The summed E-state index contributed by atoms with van der Waals surface area (Å²) < 4.78 is 0. The highest BCUT2D eigenvalue weighted by Crippen LogP contribution is 1.97. The summed E-state index contributed by atoms with van der Waals surface area (Å²) in [5.41, 5.74) is 0. The van der Waals surface area contributed by atoms with Gasteiger partial charge in [-0.25, -0.2) is 0 Å². The van der Waals surface area contributed by atoms with Crippen LogP contribution >= 0.6 is 0 Å². The monoisotopic (exact) mass is 178 g/mol. The molecule has 1 aliphatic rings. The topological polar surface area (TPSA) is 37.8 Å². The van der Waals surface area contributed by atoms with Crippen LogP contribution in [0.3, 0.4) is 0 Å². The van der Waals surface area contributed by atoms with Gasteiger partial charge < -0.3 is 5.32 Å². The molecule has 1 aromatic rings. The van der Waals surface area contributed by atoms with E-state index >= 15 is 0 Å². The van der Waals surface area contributed by atoms with Crippen LogP contribution < -0.4 is 5.32 Å². The summed E-state index contributed by atoms with van der Waals surface area (Å²) in [6.07, 6.45) is 11.4. The highest BCUT2D eigenvalue weighted by molar-refractivity contribution is 4.81. The molecule has 0 radical (unpaired) electrons. The van der Waals surface area contributed by atoms with E-state index in [9.17, 15) is 0 Å². The van der Waals surface area contributed by atoms with Crippen molar-refractivity contribution in [3.63, 3.8) is 0 Å². The van der Waals surface area contributed by atoms with Gasteiger partial charge >= 0.3 is 1.43 Å². The molecule has 2 rings (SSSR count). The molecule has 0 aromatic carbocycles. The van der Waals surface area contributed by atoms with Gasteiger partial charge in [0.2, 0.25) is 0 Å². The number of aromatic nitrogens is 2. The lowest BCUT2D eigenvalue weighted by molar-refractivity contribution is 0.730. The molecule has 0 aliphatic carbocycles. The van der Waals surface area contributed by atoms with Crippen molar-refractivity contribution in [2.24, 2.45) is 0 Å². The summed E-state index contributed by atoms with van der Waals surface area (Å²) in [4.78, 5) is 0. The molecule has 0 unspecified atom stereocenters. The van der Waals surface area contributed by atoms with Crippen LogP contribution in [0.4, 0.5) is 0 Å². The van der Waals surface area contributed by atoms with Gasteiger partial charge in [0.05, 0.1) is 0 Å². The van der Waals surface area contributed by atoms with Gasteiger partial charge in [-0.05, 0) is 37.6 Å². The van der Waals surface area contributed by atoms with Crippen molar-refractivity contribution in [3.8, 4) is 0 Å². The van der Waals surface area contributed by atoms with Crippen molar-refractivity contribution in [2.45, 2.75) is 19.3 Å². The molecule has 3 nitrogen and oxygen atoms in total. The lowest BCUT2D eigenvalue weighted by Gasteiger charge is -1.90. The van der Waals surface area contributed by atoms with E-state index in [2.05, 4.69) is 21.6 Å². The van der Waals surface area contributed by atoms with Crippen LogP contribution in [-0.2, 0) is 0 Å². The minimum atomic E-state index is 0. The molecular formula is C10H16N3+. The summed E-state index contributed by atoms with van der Waals surface area (Å²) in [5.74, 6) is 0. The zero-order valence-electron chi connectivity index (χ0n) is 8.69. The number of nitrogens with one attached hydrogen (secondary N) is 1. The molecule has 0 fully saturated rings. The number of rotatable bonds is 0. The van der Waals surface area contributed by atoms with Gasteiger partial charge in [-0.3, -0.25) is 0 Å². The number of allylic oxidation sites excluding steroid dienone is 1. The average molecular weight is 178 g/mol. The third-order valence-electron chi connectivity index (χ3n) is 1.66. The van der Waals surface area contributed by atoms with Crippen molar-refractivity contribution < 1.29 is 1.43 Å². The maximum absolute atomic E-state index is 3.53. The van der Waals surface area contributed by atoms with Gasteiger partial charge in [-0.15, -0.1) is 0 Å². The van der Waals surface area contributed by atoms with Crippen LogP contribution in [0, 0.1) is 0 Å². The fourth-order valence-electron chi connectivity index (χ4n) is 0.993. The van der Waals surface area contributed by atoms with E-state index in [0.29, 0.717) is 0 Å². The normalized spacial score (nSPS) is 14.8. The Hall–Kier alpha value is -1.38. The first-order chi connectivity index (χ1) is 6.50. The molecule has 13 heavy (non-hydrogen) atoms. The highest BCUT2D eigenvalue weighted by Gasteiger charge is 1.87. The Balaban J connectivity index is 0.000000227. The average Bonchev–Trinajstić information content (AvgIpc) is 2.53. The smallest absolute Gasteiger partial charge is 0.391 e. The first kappa shape index (κ1) is 9.71. The van der Waals surface area contributed by atoms with Crippen molar-refractivity contribution in [1.82, 2.24) is 15.5 Å². The summed E-state index contributed by atoms with van der Waals surface area (Å²) in [5, 5.41) is 10.2. The van der Waals surface area contributed by atoms with E-state index in [-0.39, 0.29) is 1.43 Å². The van der Waals surface area contributed by atoms with Crippen LogP contribution in [0.25, 0.3) is 0 Å². The van der Waals surface area contributed by atoms with Crippen LogP contribution in [0.5, 0.6) is 0 Å². The zero-order valence-corrected chi connectivity index (χ0v) is 7.69. The molecule has 1 aliphatic heterocycles. The summed E-state index contributed by atoms with van der Waals surface area (Å²) in [7, 11) is 0. The minimum absolute atomic E-state index is 0. The standard InChI is InChI=1S/C6H11N.C4H4N2/c1-2-4-6-7-5-3-1;1-2-4-6-5-3-1/h3,5,7H,1-2,4,6H2;1-4H/p+1. The number of hydrogen-bond acceptors (Lipinski definition) is 3. The molecule has 0 amide bonds. The molecule has 3 heteroatoms. The maximum Gasteiger partial charge on any atom is 1.00 e. The van der Waals surface area contributed by atoms with E-state index in [1.807, 2.05) is 18.3 Å². The Labute approximate surface area is 80.4 Å². The van der Waals surface area contributed by atoms with Crippen molar-refractivity contribution in [2.75, 3.05) is 6.54 Å². The quantitative estimate of drug-likeness (QED) is 0.659. The molecule has 0 saturated heterocycles. The van der Waals surface area contributed by atoms with Crippen LogP contribution in [-0.4, -0.2) is 16.7 Å². The van der Waals surface area contributed by atoms with Crippen molar-refractivity contribution >= 4 is 0 Å². The summed E-state index contributed by atoms with van der Waals surface area (Å²) in [6.45, 7) is 1.16. The molecule has 0 saturated carbocycles. The summed E-state index contributed by atoms with van der Waals surface area (Å²) >= 11 is 0. The first-order valence-corrected chi connectivity index (χ1v) is 4.60. The SMILES string of the molecule is C1=CNCCCC1.[H+].c1ccnnc1. The predicted molar refractivity (Wildman–Crippen MR) is 54.1 cm³/mol. The third-order valence-corrected chi connectivity index (χ3v) is 1.66. The molecule has 2 heterocycles. The van der Waals surface area contributed by atoms with Crippen molar-refractivity contribution in [1.29, 1.82) is 0 Å². The predicted octanol–water partition coefficient (Wildman–Crippen LogP) is 1.86. The van der Waals surface area contributed by atoms with E-state index in [4.69, 9.17) is 0 Å². The molecule has 0 bridgehead atoms. The van der Waals surface area contributed by atoms with Gasteiger partial charge in [0.15, 0.2) is 0 Å². The Bertz CT molecular complexity index is 191. The second kappa shape index (κ2) is 7.28. The van der Waals surface area contributed by atoms with Gasteiger partial charge in [-0.2, -0.15) is 10.2 Å². The van der Waals surface area contributed by atoms with Gasteiger partial charge in [0.1, 0.15) is 0 Å². The highest BCUT2D eigenvalue weighted by atomic mass is 15.1. The van der Waals surface area contributed by atoms with Gasteiger partial charge in [-0.1, -0.05) is 6.08 Å². The largest absolute Gasteiger partial charge is 1.00 e. The fourth-order valence-corrected chi connectivity index (χ4v) is 0.993. The first-order valence-electron chi connectivity index (χ1n) is 4.60. The Morgan fingerprint density at radius 1 is 1.08 bits per heavy atom. The second-order valence-electron chi connectivity index (χ2n) is 2.77. The van der Waals surface area contributed by atoms with E-state index in [1.54, 1.807) is 12.4 Å². The molecule has 70 valence electrons. The zero-order chi connectivity index (χ0) is 9.19. The van der Waals surface area contributed by atoms with Crippen LogP contribution in [0.2, 0.25) is 0 Å². The Morgan fingerprint density at radius 2 is 1.85 bits per heavy atom. The Kier molecular flexibility index (Phi) is 5.43. The molecular weight excluding hydrogens is 162 g/mol.